The molecule has 3 rings (SSSR count). The molecule has 0 unspecified atom stereocenters. The Balaban J connectivity index is 1.55. The Morgan fingerprint density at radius 3 is 2.31 bits per heavy atom. The van der Waals surface area contributed by atoms with Gasteiger partial charge in [0.15, 0.2) is 11.6 Å². The van der Waals surface area contributed by atoms with E-state index in [1.165, 1.54) is 49.9 Å². The number of benzene rings is 2. The van der Waals surface area contributed by atoms with Crippen LogP contribution in [0.4, 0.5) is 22.0 Å². The zero-order valence-electron chi connectivity index (χ0n) is 20.5. The predicted molar refractivity (Wildman–Crippen MR) is 127 cm³/mol. The number of alkyl halides is 2. The third-order valence-corrected chi connectivity index (χ3v) is 6.85. The van der Waals surface area contributed by atoms with Crippen molar-refractivity contribution in [2.45, 2.75) is 90.1 Å². The lowest BCUT2D eigenvalue weighted by Crippen LogP contribution is -2.25. The maximum absolute atomic E-state index is 14.8. The van der Waals surface area contributed by atoms with Crippen molar-refractivity contribution in [3.63, 3.8) is 0 Å². The zero-order chi connectivity index (χ0) is 25.4. The Morgan fingerprint density at radius 1 is 0.914 bits per heavy atom. The number of aryl methyl sites for hydroxylation is 1. The predicted octanol–water partition coefficient (Wildman–Crippen LogP) is 8.96. The molecular weight excluding hydrogens is 463 g/mol. The molecule has 1 saturated carbocycles. The van der Waals surface area contributed by atoms with Crippen LogP contribution in [0.5, 0.6) is 11.5 Å². The lowest BCUT2D eigenvalue weighted by Gasteiger charge is -2.29. The summed E-state index contributed by atoms with van der Waals surface area (Å²) in [6.07, 6.45) is 3.80. The summed E-state index contributed by atoms with van der Waals surface area (Å²) in [4.78, 5) is 0. The van der Waals surface area contributed by atoms with Crippen LogP contribution in [-0.2, 0) is 6.42 Å². The van der Waals surface area contributed by atoms with E-state index < -0.39 is 36.4 Å². The molecule has 0 aliphatic heterocycles. The first-order valence-corrected chi connectivity index (χ1v) is 12.7. The first kappa shape index (κ1) is 27.3. The van der Waals surface area contributed by atoms with Crippen LogP contribution in [0.2, 0.25) is 0 Å². The molecule has 0 amide bonds. The third kappa shape index (κ3) is 7.58. The SMILES string of the molecule is CCCCCC1CCC(c2ccc(OC(F)(F)CCc3ccc(OCC)c(F)c3F)cc2F)CC1. The molecule has 1 aliphatic rings. The molecule has 2 nitrogen and oxygen atoms in total. The van der Waals surface area contributed by atoms with Gasteiger partial charge in [-0.1, -0.05) is 44.7 Å². The molecule has 2 aromatic carbocycles. The number of rotatable bonds is 12. The topological polar surface area (TPSA) is 18.5 Å². The Kier molecular flexibility index (Phi) is 9.81. The maximum Gasteiger partial charge on any atom is 0.398 e. The van der Waals surface area contributed by atoms with Gasteiger partial charge in [0.2, 0.25) is 5.82 Å². The molecule has 0 saturated heterocycles. The third-order valence-electron chi connectivity index (χ3n) is 6.85. The second kappa shape index (κ2) is 12.6. The van der Waals surface area contributed by atoms with Crippen LogP contribution in [0.3, 0.4) is 0 Å². The summed E-state index contributed by atoms with van der Waals surface area (Å²) < 4.78 is 81.4. The van der Waals surface area contributed by atoms with Crippen molar-refractivity contribution in [1.29, 1.82) is 0 Å². The first-order valence-electron chi connectivity index (χ1n) is 12.7. The number of ether oxygens (including phenoxy) is 2. The molecule has 0 heterocycles. The molecule has 0 atom stereocenters. The van der Waals surface area contributed by atoms with Gasteiger partial charge in [0.05, 0.1) is 13.0 Å². The van der Waals surface area contributed by atoms with Crippen molar-refractivity contribution in [2.24, 2.45) is 5.92 Å². The van der Waals surface area contributed by atoms with Crippen LogP contribution in [0.1, 0.15) is 88.7 Å². The molecule has 1 fully saturated rings. The summed E-state index contributed by atoms with van der Waals surface area (Å²) >= 11 is 0. The highest BCUT2D eigenvalue weighted by atomic mass is 19.3. The Hall–Kier alpha value is -2.31. The second-order valence-corrected chi connectivity index (χ2v) is 9.42. The van der Waals surface area contributed by atoms with Crippen LogP contribution >= 0.6 is 0 Å². The second-order valence-electron chi connectivity index (χ2n) is 9.42. The van der Waals surface area contributed by atoms with Gasteiger partial charge in [-0.25, -0.2) is 8.78 Å². The molecule has 194 valence electrons. The van der Waals surface area contributed by atoms with Crippen molar-refractivity contribution in [1.82, 2.24) is 0 Å². The molecule has 0 N–H and O–H groups in total. The quantitative estimate of drug-likeness (QED) is 0.215. The summed E-state index contributed by atoms with van der Waals surface area (Å²) in [5.74, 6) is -2.75. The average Bonchev–Trinajstić information content (AvgIpc) is 2.82. The molecular formula is C28H35F5O2. The maximum atomic E-state index is 14.8. The Labute approximate surface area is 204 Å². The summed E-state index contributed by atoms with van der Waals surface area (Å²) in [5.41, 5.74) is 0.334. The fraction of sp³-hybridized carbons (Fsp3) is 0.571. The standard InChI is InChI=1S/C28H35F5O2/c1-3-5-6-7-19-8-10-20(11-9-19)23-14-13-22(18-24(23)29)35-28(32,33)17-16-21-12-15-25(34-4-2)27(31)26(21)30/h12-15,18-20H,3-11,16-17H2,1-2H3. The Bertz CT molecular complexity index is 955. The first-order chi connectivity index (χ1) is 16.7. The molecule has 0 spiro atoms. The van der Waals surface area contributed by atoms with Gasteiger partial charge in [0, 0.05) is 6.07 Å². The van der Waals surface area contributed by atoms with Gasteiger partial charge in [0.1, 0.15) is 11.6 Å². The minimum Gasteiger partial charge on any atom is -0.491 e. The highest BCUT2D eigenvalue weighted by Gasteiger charge is 2.33. The van der Waals surface area contributed by atoms with Crippen LogP contribution in [0.25, 0.3) is 0 Å². The van der Waals surface area contributed by atoms with Crippen molar-refractivity contribution < 1.29 is 31.4 Å². The monoisotopic (exact) mass is 498 g/mol. The lowest BCUT2D eigenvalue weighted by molar-refractivity contribution is -0.180. The van der Waals surface area contributed by atoms with E-state index in [0.29, 0.717) is 11.5 Å². The normalized spacial score (nSPS) is 18.5. The number of hydrogen-bond acceptors (Lipinski definition) is 2. The molecule has 7 heteroatoms. The molecule has 0 bridgehead atoms. The molecule has 0 aromatic heterocycles. The van der Waals surface area contributed by atoms with Gasteiger partial charge in [-0.3, -0.25) is 0 Å². The van der Waals surface area contributed by atoms with Crippen LogP contribution in [0, 0.1) is 23.4 Å². The smallest absolute Gasteiger partial charge is 0.398 e. The van der Waals surface area contributed by atoms with Crippen molar-refractivity contribution >= 4 is 0 Å². The van der Waals surface area contributed by atoms with Crippen LogP contribution < -0.4 is 9.47 Å². The fourth-order valence-corrected chi connectivity index (χ4v) is 4.88. The Morgan fingerprint density at radius 2 is 1.66 bits per heavy atom. The number of hydrogen-bond donors (Lipinski definition) is 0. The minimum atomic E-state index is -3.67. The van der Waals surface area contributed by atoms with Crippen molar-refractivity contribution in [2.75, 3.05) is 6.61 Å². The van der Waals surface area contributed by atoms with Gasteiger partial charge in [-0.2, -0.15) is 13.2 Å². The largest absolute Gasteiger partial charge is 0.491 e. The van der Waals surface area contributed by atoms with E-state index >= 15 is 0 Å². The minimum absolute atomic E-state index is 0.0875. The number of halogens is 5. The van der Waals surface area contributed by atoms with Gasteiger partial charge < -0.3 is 9.47 Å². The van der Waals surface area contributed by atoms with Crippen molar-refractivity contribution in [3.8, 4) is 11.5 Å². The van der Waals surface area contributed by atoms with Crippen molar-refractivity contribution in [3.05, 3.63) is 58.9 Å². The highest BCUT2D eigenvalue weighted by molar-refractivity contribution is 5.33. The van der Waals surface area contributed by atoms with Gasteiger partial charge in [-0.15, -0.1) is 0 Å². The fourth-order valence-electron chi connectivity index (χ4n) is 4.88. The molecule has 35 heavy (non-hydrogen) atoms. The zero-order valence-corrected chi connectivity index (χ0v) is 20.5. The van der Waals surface area contributed by atoms with E-state index in [4.69, 9.17) is 9.47 Å². The summed E-state index contributed by atoms with van der Waals surface area (Å²) in [7, 11) is 0. The van der Waals surface area contributed by atoms with E-state index in [1.807, 2.05) is 0 Å². The molecule has 1 aliphatic carbocycles. The van der Waals surface area contributed by atoms with E-state index in [0.717, 1.165) is 31.7 Å². The van der Waals surface area contributed by atoms with Crippen LogP contribution in [-0.4, -0.2) is 12.7 Å². The van der Waals surface area contributed by atoms with E-state index in [9.17, 15) is 22.0 Å². The van der Waals surface area contributed by atoms with Crippen LogP contribution in [0.15, 0.2) is 30.3 Å². The summed E-state index contributed by atoms with van der Waals surface area (Å²) in [6.45, 7) is 3.96. The van der Waals surface area contributed by atoms with E-state index in [1.54, 1.807) is 6.92 Å². The highest BCUT2D eigenvalue weighted by Crippen LogP contribution is 2.40. The van der Waals surface area contributed by atoms with Gasteiger partial charge >= 0.3 is 6.11 Å². The van der Waals surface area contributed by atoms with Gasteiger partial charge in [0.25, 0.3) is 0 Å². The summed E-state index contributed by atoms with van der Waals surface area (Å²) in [6, 6.07) is 6.31. The molecule has 0 radical (unpaired) electrons. The van der Waals surface area contributed by atoms with E-state index in [-0.39, 0.29) is 29.6 Å². The molecule has 2 aromatic rings. The summed E-state index contributed by atoms with van der Waals surface area (Å²) in [5, 5.41) is 0. The number of unbranched alkanes of at least 4 members (excludes halogenated alkanes) is 2. The lowest BCUT2D eigenvalue weighted by atomic mass is 9.77. The van der Waals surface area contributed by atoms with E-state index in [2.05, 4.69) is 6.92 Å². The van der Waals surface area contributed by atoms with Gasteiger partial charge in [-0.05, 0) is 74.1 Å². The average molecular weight is 499 g/mol.